The molecule has 2 heterocycles. The predicted octanol–water partition coefficient (Wildman–Crippen LogP) is 1.00. The number of hydrogen-bond acceptors (Lipinski definition) is 4. The molecule has 3 rings (SSSR count). The highest BCUT2D eigenvalue weighted by molar-refractivity contribution is 6.30. The largest absolute Gasteiger partial charge is 0.488 e. The molecule has 108 valence electrons. The standard InChI is InChI=1S/C14H17ClN2O3/c15-10-1-2-13-9(5-10)6-11(20-13)8-17-4-3-16-7-12(17)14(18)19/h1-2,5,11-12,16H,3-4,6-8H2,(H,18,19). The van der Waals surface area contributed by atoms with E-state index in [1.165, 1.54) is 0 Å². The Labute approximate surface area is 122 Å². The van der Waals surface area contributed by atoms with Gasteiger partial charge in [0, 0.05) is 37.6 Å². The molecule has 0 aromatic heterocycles. The molecule has 0 radical (unpaired) electrons. The van der Waals surface area contributed by atoms with Crippen LogP contribution >= 0.6 is 11.6 Å². The number of nitrogens with zero attached hydrogens (tertiary/aromatic N) is 1. The van der Waals surface area contributed by atoms with E-state index in [1.807, 2.05) is 23.1 Å². The molecule has 6 heteroatoms. The van der Waals surface area contributed by atoms with E-state index in [0.717, 1.165) is 30.8 Å². The van der Waals surface area contributed by atoms with Crippen LogP contribution in [0.4, 0.5) is 0 Å². The zero-order chi connectivity index (χ0) is 14.1. The lowest BCUT2D eigenvalue weighted by Crippen LogP contribution is -2.56. The highest BCUT2D eigenvalue weighted by atomic mass is 35.5. The van der Waals surface area contributed by atoms with Crippen molar-refractivity contribution < 1.29 is 14.6 Å². The fourth-order valence-corrected chi connectivity index (χ4v) is 3.06. The number of fused-ring (bicyclic) bond motifs is 1. The third-order valence-electron chi connectivity index (χ3n) is 3.84. The first-order valence-electron chi connectivity index (χ1n) is 6.76. The summed E-state index contributed by atoms with van der Waals surface area (Å²) in [4.78, 5) is 13.2. The zero-order valence-corrected chi connectivity index (χ0v) is 11.8. The van der Waals surface area contributed by atoms with Crippen LogP contribution in [0.1, 0.15) is 5.56 Å². The first kappa shape index (κ1) is 13.7. The van der Waals surface area contributed by atoms with Crippen molar-refractivity contribution in [2.24, 2.45) is 0 Å². The van der Waals surface area contributed by atoms with E-state index in [9.17, 15) is 9.90 Å². The van der Waals surface area contributed by atoms with Gasteiger partial charge in [-0.2, -0.15) is 0 Å². The molecule has 2 aliphatic heterocycles. The van der Waals surface area contributed by atoms with Crippen molar-refractivity contribution in [3.8, 4) is 5.75 Å². The SMILES string of the molecule is O=C(O)C1CNCCN1CC1Cc2cc(Cl)ccc2O1. The first-order chi connectivity index (χ1) is 9.63. The maximum absolute atomic E-state index is 11.3. The fourth-order valence-electron chi connectivity index (χ4n) is 2.86. The average molecular weight is 297 g/mol. The molecule has 1 saturated heterocycles. The molecule has 1 aromatic rings. The Balaban J connectivity index is 1.66. The second kappa shape index (κ2) is 5.60. The number of halogens is 1. The Morgan fingerprint density at radius 2 is 2.40 bits per heavy atom. The van der Waals surface area contributed by atoms with Gasteiger partial charge in [-0.1, -0.05) is 11.6 Å². The molecule has 0 saturated carbocycles. The van der Waals surface area contributed by atoms with Crippen LogP contribution in [0, 0.1) is 0 Å². The average Bonchev–Trinajstić information content (AvgIpc) is 2.80. The summed E-state index contributed by atoms with van der Waals surface area (Å²) < 4.78 is 5.88. The van der Waals surface area contributed by atoms with E-state index in [-0.39, 0.29) is 6.10 Å². The predicted molar refractivity (Wildman–Crippen MR) is 75.4 cm³/mol. The van der Waals surface area contributed by atoms with Crippen LogP contribution in [0.25, 0.3) is 0 Å². The Morgan fingerprint density at radius 3 is 3.20 bits per heavy atom. The van der Waals surface area contributed by atoms with Gasteiger partial charge in [0.25, 0.3) is 0 Å². The van der Waals surface area contributed by atoms with E-state index in [0.29, 0.717) is 18.1 Å². The highest BCUT2D eigenvalue weighted by Crippen LogP contribution is 2.31. The van der Waals surface area contributed by atoms with Crippen LogP contribution in [-0.2, 0) is 11.2 Å². The minimum Gasteiger partial charge on any atom is -0.488 e. The third-order valence-corrected chi connectivity index (χ3v) is 4.08. The number of hydrogen-bond donors (Lipinski definition) is 2. The monoisotopic (exact) mass is 296 g/mol. The van der Waals surface area contributed by atoms with E-state index < -0.39 is 12.0 Å². The molecule has 0 aliphatic carbocycles. The molecule has 1 fully saturated rings. The third kappa shape index (κ3) is 2.75. The van der Waals surface area contributed by atoms with E-state index in [1.54, 1.807) is 0 Å². The van der Waals surface area contributed by atoms with Crippen molar-refractivity contribution >= 4 is 17.6 Å². The van der Waals surface area contributed by atoms with Crippen LogP contribution in [0.5, 0.6) is 5.75 Å². The van der Waals surface area contributed by atoms with Crippen LogP contribution in [0.2, 0.25) is 5.02 Å². The van der Waals surface area contributed by atoms with Gasteiger partial charge < -0.3 is 15.2 Å². The second-order valence-corrected chi connectivity index (χ2v) is 5.69. The van der Waals surface area contributed by atoms with Crippen molar-refractivity contribution in [1.82, 2.24) is 10.2 Å². The molecule has 2 unspecified atom stereocenters. The number of rotatable bonds is 3. The van der Waals surface area contributed by atoms with Crippen molar-refractivity contribution in [2.75, 3.05) is 26.2 Å². The minimum absolute atomic E-state index is 0.00316. The Morgan fingerprint density at radius 1 is 1.55 bits per heavy atom. The summed E-state index contributed by atoms with van der Waals surface area (Å²) in [7, 11) is 0. The van der Waals surface area contributed by atoms with Crippen molar-refractivity contribution in [3.63, 3.8) is 0 Å². The number of carbonyl (C=O) groups is 1. The molecule has 0 amide bonds. The first-order valence-corrected chi connectivity index (χ1v) is 7.14. The lowest BCUT2D eigenvalue weighted by atomic mass is 10.1. The fraction of sp³-hybridized carbons (Fsp3) is 0.500. The minimum atomic E-state index is -0.782. The number of carboxylic acids is 1. The summed E-state index contributed by atoms with van der Waals surface area (Å²) in [6.45, 7) is 2.66. The molecule has 2 atom stereocenters. The maximum Gasteiger partial charge on any atom is 0.322 e. The van der Waals surface area contributed by atoms with Crippen molar-refractivity contribution in [2.45, 2.75) is 18.6 Å². The summed E-state index contributed by atoms with van der Waals surface area (Å²) in [5.74, 6) is 0.0807. The van der Waals surface area contributed by atoms with Gasteiger partial charge in [0.1, 0.15) is 17.9 Å². The van der Waals surface area contributed by atoms with Crippen LogP contribution in [-0.4, -0.2) is 54.3 Å². The highest BCUT2D eigenvalue weighted by Gasteiger charge is 2.32. The van der Waals surface area contributed by atoms with Gasteiger partial charge in [0.05, 0.1) is 0 Å². The maximum atomic E-state index is 11.3. The summed E-state index contributed by atoms with van der Waals surface area (Å²) in [5, 5.41) is 13.1. The molecule has 5 nitrogen and oxygen atoms in total. The van der Waals surface area contributed by atoms with E-state index in [4.69, 9.17) is 16.3 Å². The lowest BCUT2D eigenvalue weighted by molar-refractivity contribution is -0.144. The van der Waals surface area contributed by atoms with Gasteiger partial charge in [-0.15, -0.1) is 0 Å². The number of aliphatic carboxylic acids is 1. The molecular weight excluding hydrogens is 280 g/mol. The van der Waals surface area contributed by atoms with E-state index >= 15 is 0 Å². The molecule has 20 heavy (non-hydrogen) atoms. The topological polar surface area (TPSA) is 61.8 Å². The van der Waals surface area contributed by atoms with Gasteiger partial charge in [0.15, 0.2) is 0 Å². The zero-order valence-electron chi connectivity index (χ0n) is 11.0. The van der Waals surface area contributed by atoms with Crippen molar-refractivity contribution in [3.05, 3.63) is 28.8 Å². The number of carboxylic acid groups (broad SMARTS) is 1. The van der Waals surface area contributed by atoms with Crippen LogP contribution in [0.15, 0.2) is 18.2 Å². The summed E-state index contributed by atoms with van der Waals surface area (Å²) in [5.41, 5.74) is 1.10. The number of piperazine rings is 1. The van der Waals surface area contributed by atoms with Gasteiger partial charge in [-0.05, 0) is 23.8 Å². The van der Waals surface area contributed by atoms with Gasteiger partial charge >= 0.3 is 5.97 Å². The molecule has 0 spiro atoms. The van der Waals surface area contributed by atoms with Gasteiger partial charge in [0.2, 0.25) is 0 Å². The van der Waals surface area contributed by atoms with E-state index in [2.05, 4.69) is 5.32 Å². The molecule has 2 N–H and O–H groups in total. The van der Waals surface area contributed by atoms with Gasteiger partial charge in [-0.25, -0.2) is 0 Å². The quantitative estimate of drug-likeness (QED) is 0.871. The Hall–Kier alpha value is -1.30. The van der Waals surface area contributed by atoms with Gasteiger partial charge in [-0.3, -0.25) is 9.69 Å². The second-order valence-electron chi connectivity index (χ2n) is 5.25. The Bertz CT molecular complexity index is 523. The Kier molecular flexibility index (Phi) is 3.83. The molecule has 0 bridgehead atoms. The van der Waals surface area contributed by atoms with Crippen molar-refractivity contribution in [1.29, 1.82) is 0 Å². The number of nitrogens with one attached hydrogen (secondary N) is 1. The summed E-state index contributed by atoms with van der Waals surface area (Å²) in [6.07, 6.45) is 0.787. The molecular formula is C14H17ClN2O3. The number of benzene rings is 1. The summed E-state index contributed by atoms with van der Waals surface area (Å²) >= 11 is 5.98. The normalized spacial score (nSPS) is 26.1. The number of ether oxygens (including phenoxy) is 1. The smallest absolute Gasteiger partial charge is 0.322 e. The van der Waals surface area contributed by atoms with Crippen LogP contribution < -0.4 is 10.1 Å². The molecule has 2 aliphatic rings. The summed E-state index contributed by atoms with van der Waals surface area (Å²) in [6, 6.07) is 5.14. The van der Waals surface area contributed by atoms with Crippen LogP contribution in [0.3, 0.4) is 0 Å². The molecule has 1 aromatic carbocycles. The lowest BCUT2D eigenvalue weighted by Gasteiger charge is -2.34.